The van der Waals surface area contributed by atoms with E-state index >= 15 is 0 Å². The molecule has 1 nitrogen and oxygen atoms in total. The Morgan fingerprint density at radius 1 is 1.33 bits per heavy atom. The molecule has 0 fully saturated rings. The number of rotatable bonds is 1. The highest BCUT2D eigenvalue weighted by atomic mass is 35.5. The van der Waals surface area contributed by atoms with Gasteiger partial charge < -0.3 is 0 Å². The molecule has 0 N–H and O–H groups in total. The zero-order valence-electron chi connectivity index (χ0n) is 8.97. The second-order valence-electron chi connectivity index (χ2n) is 4.26. The van der Waals surface area contributed by atoms with Crippen LogP contribution in [0.1, 0.15) is 5.56 Å². The quantitative estimate of drug-likeness (QED) is 0.546. The number of hydrogen-bond acceptors (Lipinski definition) is 2. The molecule has 0 amide bonds. The topological polar surface area (TPSA) is 12.4 Å². The van der Waals surface area contributed by atoms with Gasteiger partial charge in [-0.05, 0) is 18.2 Å². The van der Waals surface area contributed by atoms with Crippen LogP contribution in [0.4, 0.5) is 5.69 Å². The van der Waals surface area contributed by atoms with Gasteiger partial charge in [-0.25, -0.2) is 0 Å². The molecule has 0 aromatic heterocycles. The van der Waals surface area contributed by atoms with Crippen molar-refractivity contribution in [1.82, 2.24) is 0 Å². The summed E-state index contributed by atoms with van der Waals surface area (Å²) >= 11 is 10.6. The molecule has 1 rings (SSSR count). The van der Waals surface area contributed by atoms with E-state index in [0.29, 0.717) is 10.7 Å². The van der Waals surface area contributed by atoms with Gasteiger partial charge in [0.1, 0.15) is 8.07 Å². The third-order valence-electron chi connectivity index (χ3n) is 1.63. The summed E-state index contributed by atoms with van der Waals surface area (Å²) < 4.78 is 3.64. The van der Waals surface area contributed by atoms with E-state index in [1.807, 2.05) is 12.1 Å². The molecule has 0 unspecified atom stereocenters. The lowest BCUT2D eigenvalue weighted by atomic mass is 10.2. The van der Waals surface area contributed by atoms with Crippen molar-refractivity contribution >= 4 is 37.8 Å². The molecule has 0 aliphatic rings. The first-order chi connectivity index (χ1) is 6.92. The lowest BCUT2D eigenvalue weighted by Crippen LogP contribution is -2.16. The Balaban J connectivity index is 3.06. The van der Waals surface area contributed by atoms with Crippen LogP contribution in [0.3, 0.4) is 0 Å². The lowest BCUT2D eigenvalue weighted by molar-refractivity contribution is 1.55. The average molecular weight is 254 g/mol. The predicted molar refractivity (Wildman–Crippen MR) is 71.1 cm³/mol. The second kappa shape index (κ2) is 4.89. The molecule has 0 heterocycles. The monoisotopic (exact) mass is 253 g/mol. The highest BCUT2D eigenvalue weighted by Crippen LogP contribution is 2.21. The number of halogens is 1. The van der Waals surface area contributed by atoms with Gasteiger partial charge in [-0.2, -0.15) is 4.36 Å². The maximum atomic E-state index is 6.04. The molecule has 0 spiro atoms. The molecular formula is C11H12ClNSSi. The van der Waals surface area contributed by atoms with Gasteiger partial charge in [0.15, 0.2) is 0 Å². The summed E-state index contributed by atoms with van der Waals surface area (Å²) in [5, 5.41) is 0.617. The summed E-state index contributed by atoms with van der Waals surface area (Å²) in [7, 11) is -1.35. The van der Waals surface area contributed by atoms with Gasteiger partial charge >= 0.3 is 0 Å². The van der Waals surface area contributed by atoms with Crippen LogP contribution < -0.4 is 0 Å². The summed E-state index contributed by atoms with van der Waals surface area (Å²) in [6.45, 7) is 6.59. The van der Waals surface area contributed by atoms with Crippen LogP contribution >= 0.6 is 11.6 Å². The van der Waals surface area contributed by atoms with Crippen molar-refractivity contribution in [3.8, 4) is 11.5 Å². The number of hydrogen-bond donors (Lipinski definition) is 0. The molecule has 1 aromatic rings. The minimum atomic E-state index is -1.35. The lowest BCUT2D eigenvalue weighted by Gasteiger charge is -2.04. The summed E-state index contributed by atoms with van der Waals surface area (Å²) in [6.07, 6.45) is 0. The van der Waals surface area contributed by atoms with E-state index in [4.69, 9.17) is 11.6 Å². The largest absolute Gasteiger partial charge is 0.182 e. The summed E-state index contributed by atoms with van der Waals surface area (Å²) in [5.74, 6) is 3.11. The molecule has 4 heteroatoms. The average Bonchev–Trinajstić information content (AvgIpc) is 2.14. The van der Waals surface area contributed by atoms with Crippen LogP contribution in [-0.2, 0) is 12.4 Å². The number of benzene rings is 1. The first kappa shape index (κ1) is 12.4. The van der Waals surface area contributed by atoms with Gasteiger partial charge in [0, 0.05) is 18.0 Å². The van der Waals surface area contributed by atoms with Crippen molar-refractivity contribution in [2.24, 2.45) is 4.36 Å². The van der Waals surface area contributed by atoms with E-state index in [-0.39, 0.29) is 0 Å². The van der Waals surface area contributed by atoms with E-state index < -0.39 is 8.07 Å². The fourth-order valence-corrected chi connectivity index (χ4v) is 1.76. The Labute approximate surface area is 102 Å². The Bertz CT molecular complexity index is 440. The molecule has 0 saturated heterocycles. The summed E-state index contributed by atoms with van der Waals surface area (Å²) in [4.78, 5) is 0. The van der Waals surface area contributed by atoms with E-state index in [1.165, 1.54) is 0 Å². The molecule has 0 aliphatic heterocycles. The number of nitrogens with zero attached hydrogens (tertiary/aromatic N) is 1. The van der Waals surface area contributed by atoms with Gasteiger partial charge in [-0.1, -0.05) is 37.2 Å². The smallest absolute Gasteiger partial charge is 0.129 e. The normalized spacial score (nSPS) is 10.4. The Kier molecular flexibility index (Phi) is 4.03. The fourth-order valence-electron chi connectivity index (χ4n) is 0.917. The highest BCUT2D eigenvalue weighted by Gasteiger charge is 2.08. The van der Waals surface area contributed by atoms with Crippen molar-refractivity contribution < 1.29 is 0 Å². The Morgan fingerprint density at radius 3 is 2.47 bits per heavy atom. The molecule has 0 atom stereocenters. The predicted octanol–water partition coefficient (Wildman–Crippen LogP) is 3.93. The van der Waals surface area contributed by atoms with Crippen LogP contribution in [0.15, 0.2) is 22.6 Å². The van der Waals surface area contributed by atoms with Crippen LogP contribution in [0.2, 0.25) is 24.7 Å². The SMILES string of the molecule is C[Si](C)(C)C#Cc1ccc(N=S)cc1Cl. The van der Waals surface area contributed by atoms with Crippen LogP contribution in [0, 0.1) is 11.5 Å². The first-order valence-electron chi connectivity index (χ1n) is 4.58. The maximum absolute atomic E-state index is 6.04. The van der Waals surface area contributed by atoms with Gasteiger partial charge in [0.2, 0.25) is 0 Å². The van der Waals surface area contributed by atoms with Crippen molar-refractivity contribution in [3.05, 3.63) is 28.8 Å². The maximum Gasteiger partial charge on any atom is 0.129 e. The van der Waals surface area contributed by atoms with E-state index in [0.717, 1.165) is 5.56 Å². The van der Waals surface area contributed by atoms with Crippen LogP contribution in [0.5, 0.6) is 0 Å². The molecule has 0 bridgehead atoms. The molecule has 1 aromatic carbocycles. The molecular weight excluding hydrogens is 242 g/mol. The zero-order valence-corrected chi connectivity index (χ0v) is 11.5. The minimum Gasteiger partial charge on any atom is -0.182 e. The summed E-state index contributed by atoms with van der Waals surface area (Å²) in [6, 6.07) is 5.43. The van der Waals surface area contributed by atoms with Crippen molar-refractivity contribution in [1.29, 1.82) is 0 Å². The molecule has 78 valence electrons. The molecule has 15 heavy (non-hydrogen) atoms. The third kappa shape index (κ3) is 4.13. The van der Waals surface area contributed by atoms with E-state index in [1.54, 1.807) is 6.07 Å². The van der Waals surface area contributed by atoms with E-state index in [2.05, 4.69) is 47.9 Å². The van der Waals surface area contributed by atoms with Gasteiger partial charge in [-0.3, -0.25) is 0 Å². The van der Waals surface area contributed by atoms with Crippen molar-refractivity contribution in [2.45, 2.75) is 19.6 Å². The standard InChI is InChI=1S/C11H12ClNSSi/c1-15(2,3)7-6-9-4-5-10(13-14)8-11(9)12/h4-5,8H,1-3H3. The van der Waals surface area contributed by atoms with Crippen molar-refractivity contribution in [2.75, 3.05) is 0 Å². The van der Waals surface area contributed by atoms with Gasteiger partial charge in [-0.15, -0.1) is 5.54 Å². The van der Waals surface area contributed by atoms with Crippen LogP contribution in [0.25, 0.3) is 0 Å². The Morgan fingerprint density at radius 2 is 2.00 bits per heavy atom. The summed E-state index contributed by atoms with van der Waals surface area (Å²) in [5.41, 5.74) is 4.82. The van der Waals surface area contributed by atoms with Crippen LogP contribution in [-0.4, -0.2) is 8.07 Å². The minimum absolute atomic E-state index is 0.617. The Hall–Kier alpha value is -0.693. The molecule has 0 saturated carbocycles. The highest BCUT2D eigenvalue weighted by molar-refractivity contribution is 7.47. The van der Waals surface area contributed by atoms with Gasteiger partial charge in [0.05, 0.1) is 10.7 Å². The molecule has 0 radical (unpaired) electrons. The van der Waals surface area contributed by atoms with Gasteiger partial charge in [0.25, 0.3) is 0 Å². The van der Waals surface area contributed by atoms with Crippen molar-refractivity contribution in [3.63, 3.8) is 0 Å². The van der Waals surface area contributed by atoms with E-state index in [9.17, 15) is 0 Å². The second-order valence-corrected chi connectivity index (χ2v) is 9.60. The third-order valence-corrected chi connectivity index (χ3v) is 3.03. The molecule has 0 aliphatic carbocycles. The first-order valence-corrected chi connectivity index (χ1v) is 8.83. The zero-order chi connectivity index (χ0) is 11.5. The fraction of sp³-hybridized carbons (Fsp3) is 0.273.